The lowest BCUT2D eigenvalue weighted by molar-refractivity contribution is -0.123. The highest BCUT2D eigenvalue weighted by Crippen LogP contribution is 2.31. The van der Waals surface area contributed by atoms with Gasteiger partial charge in [0.05, 0.1) is 11.8 Å². The van der Waals surface area contributed by atoms with Crippen molar-refractivity contribution in [3.05, 3.63) is 47.5 Å². The molecule has 1 atom stereocenters. The summed E-state index contributed by atoms with van der Waals surface area (Å²) in [5.74, 6) is 0.421. The first-order valence-corrected chi connectivity index (χ1v) is 9.38. The molecular formula is C20H28N4O2. The Kier molecular flexibility index (Phi) is 6.04. The Morgan fingerprint density at radius 2 is 2.08 bits per heavy atom. The van der Waals surface area contributed by atoms with E-state index in [1.54, 1.807) is 12.4 Å². The number of rotatable bonds is 8. The zero-order valence-corrected chi connectivity index (χ0v) is 15.6. The quantitative estimate of drug-likeness (QED) is 0.760. The normalized spacial score (nSPS) is 20.4. The Hall–Kier alpha value is -2.21. The van der Waals surface area contributed by atoms with Gasteiger partial charge in [-0.25, -0.2) is 0 Å². The SMILES string of the molecule is Cc1cc(C)n(CCCC(=O)N[C@H](Cc2ccncc2)C2CC(O)C2)n1. The van der Waals surface area contributed by atoms with Crippen LogP contribution in [-0.2, 0) is 17.8 Å². The summed E-state index contributed by atoms with van der Waals surface area (Å²) in [7, 11) is 0. The number of aryl methyl sites for hydroxylation is 3. The third kappa shape index (κ3) is 4.91. The van der Waals surface area contributed by atoms with Gasteiger partial charge in [-0.05, 0) is 69.2 Å². The number of amides is 1. The number of nitrogens with zero attached hydrogens (tertiary/aromatic N) is 3. The molecule has 0 spiro atoms. The number of nitrogens with one attached hydrogen (secondary N) is 1. The van der Waals surface area contributed by atoms with E-state index in [2.05, 4.69) is 15.4 Å². The molecule has 0 unspecified atom stereocenters. The summed E-state index contributed by atoms with van der Waals surface area (Å²) >= 11 is 0. The second-order valence-corrected chi connectivity index (χ2v) is 7.37. The zero-order chi connectivity index (χ0) is 18.5. The molecule has 1 fully saturated rings. The Balaban J connectivity index is 1.50. The zero-order valence-electron chi connectivity index (χ0n) is 15.6. The Bertz CT molecular complexity index is 723. The van der Waals surface area contributed by atoms with Gasteiger partial charge in [-0.3, -0.25) is 14.5 Å². The van der Waals surface area contributed by atoms with E-state index >= 15 is 0 Å². The fraction of sp³-hybridized carbons (Fsp3) is 0.550. The van der Waals surface area contributed by atoms with Crippen molar-refractivity contribution >= 4 is 5.91 Å². The summed E-state index contributed by atoms with van der Waals surface area (Å²) in [6, 6.07) is 6.09. The van der Waals surface area contributed by atoms with Crippen LogP contribution in [0.4, 0.5) is 0 Å². The first-order chi connectivity index (χ1) is 12.5. The number of aliphatic hydroxyl groups is 1. The molecule has 0 saturated heterocycles. The number of aromatic nitrogens is 3. The van der Waals surface area contributed by atoms with Gasteiger partial charge in [0.1, 0.15) is 0 Å². The van der Waals surface area contributed by atoms with E-state index in [9.17, 15) is 9.90 Å². The fourth-order valence-electron chi connectivity index (χ4n) is 3.64. The molecule has 26 heavy (non-hydrogen) atoms. The van der Waals surface area contributed by atoms with E-state index in [-0.39, 0.29) is 18.1 Å². The van der Waals surface area contributed by atoms with E-state index in [1.807, 2.05) is 36.7 Å². The summed E-state index contributed by atoms with van der Waals surface area (Å²) in [6.45, 7) is 4.77. The van der Waals surface area contributed by atoms with Gasteiger partial charge in [0.2, 0.25) is 5.91 Å². The van der Waals surface area contributed by atoms with Crippen LogP contribution in [-0.4, -0.2) is 37.9 Å². The van der Waals surface area contributed by atoms with E-state index < -0.39 is 0 Å². The number of hydrogen-bond donors (Lipinski definition) is 2. The van der Waals surface area contributed by atoms with Gasteiger partial charge in [-0.2, -0.15) is 5.10 Å². The van der Waals surface area contributed by atoms with Crippen LogP contribution in [0.5, 0.6) is 0 Å². The van der Waals surface area contributed by atoms with Crippen LogP contribution < -0.4 is 5.32 Å². The number of aliphatic hydroxyl groups excluding tert-OH is 1. The van der Waals surface area contributed by atoms with Crippen molar-refractivity contribution in [1.29, 1.82) is 0 Å². The third-order valence-corrected chi connectivity index (χ3v) is 5.15. The molecule has 2 N–H and O–H groups in total. The third-order valence-electron chi connectivity index (χ3n) is 5.15. The maximum Gasteiger partial charge on any atom is 0.220 e. The van der Waals surface area contributed by atoms with E-state index in [0.717, 1.165) is 49.2 Å². The van der Waals surface area contributed by atoms with Gasteiger partial charge < -0.3 is 10.4 Å². The lowest BCUT2D eigenvalue weighted by Crippen LogP contribution is -2.48. The van der Waals surface area contributed by atoms with Crippen LogP contribution in [0.3, 0.4) is 0 Å². The molecule has 2 aromatic rings. The van der Waals surface area contributed by atoms with Crippen LogP contribution in [0.15, 0.2) is 30.6 Å². The molecule has 1 aliphatic carbocycles. The molecular weight excluding hydrogens is 328 g/mol. The molecule has 1 aliphatic rings. The highest BCUT2D eigenvalue weighted by atomic mass is 16.3. The lowest BCUT2D eigenvalue weighted by Gasteiger charge is -2.38. The van der Waals surface area contributed by atoms with Crippen molar-refractivity contribution < 1.29 is 9.90 Å². The predicted molar refractivity (Wildman–Crippen MR) is 99.5 cm³/mol. The average Bonchev–Trinajstić information content (AvgIpc) is 2.90. The molecule has 140 valence electrons. The van der Waals surface area contributed by atoms with Gasteiger partial charge in [0.15, 0.2) is 0 Å². The van der Waals surface area contributed by atoms with Crippen LogP contribution in [0.25, 0.3) is 0 Å². The Morgan fingerprint density at radius 1 is 1.35 bits per heavy atom. The van der Waals surface area contributed by atoms with Crippen molar-refractivity contribution in [3.8, 4) is 0 Å². The fourth-order valence-corrected chi connectivity index (χ4v) is 3.64. The predicted octanol–water partition coefficient (Wildman–Crippen LogP) is 2.17. The molecule has 0 bridgehead atoms. The topological polar surface area (TPSA) is 80.0 Å². The minimum absolute atomic E-state index is 0.0713. The van der Waals surface area contributed by atoms with Gasteiger partial charge in [-0.1, -0.05) is 0 Å². The number of carbonyl (C=O) groups excluding carboxylic acids is 1. The van der Waals surface area contributed by atoms with Crippen molar-refractivity contribution in [3.63, 3.8) is 0 Å². The summed E-state index contributed by atoms with van der Waals surface area (Å²) in [6.07, 6.45) is 6.90. The second-order valence-electron chi connectivity index (χ2n) is 7.37. The first kappa shape index (κ1) is 18.6. The summed E-state index contributed by atoms with van der Waals surface area (Å²) < 4.78 is 1.96. The average molecular weight is 356 g/mol. The van der Waals surface area contributed by atoms with Crippen LogP contribution in [0.1, 0.15) is 42.6 Å². The standard InChI is InChI=1S/C20H28N4O2/c1-14-10-15(2)24(23-14)9-3-4-20(26)22-19(17-12-18(25)13-17)11-16-5-7-21-8-6-16/h5-8,10,17-19,25H,3-4,9,11-13H2,1-2H3,(H,22,26)/t17?,18?,19-/m1/s1. The minimum Gasteiger partial charge on any atom is -0.393 e. The number of carbonyl (C=O) groups is 1. The number of hydrogen-bond acceptors (Lipinski definition) is 4. The highest BCUT2D eigenvalue weighted by Gasteiger charge is 2.34. The molecule has 6 nitrogen and oxygen atoms in total. The van der Waals surface area contributed by atoms with Crippen LogP contribution in [0.2, 0.25) is 0 Å². The maximum atomic E-state index is 12.4. The molecule has 1 amide bonds. The van der Waals surface area contributed by atoms with Crippen molar-refractivity contribution in [2.75, 3.05) is 0 Å². The van der Waals surface area contributed by atoms with Crippen molar-refractivity contribution in [1.82, 2.24) is 20.1 Å². The molecule has 1 saturated carbocycles. The monoisotopic (exact) mass is 356 g/mol. The van der Waals surface area contributed by atoms with Crippen LogP contribution in [0, 0.1) is 19.8 Å². The minimum atomic E-state index is -0.220. The largest absolute Gasteiger partial charge is 0.393 e. The Labute approximate surface area is 154 Å². The van der Waals surface area contributed by atoms with Crippen molar-refractivity contribution in [2.24, 2.45) is 5.92 Å². The van der Waals surface area contributed by atoms with E-state index in [1.165, 1.54) is 0 Å². The molecule has 2 heterocycles. The molecule has 3 rings (SSSR count). The van der Waals surface area contributed by atoms with E-state index in [0.29, 0.717) is 12.3 Å². The van der Waals surface area contributed by atoms with Crippen LogP contribution >= 0.6 is 0 Å². The molecule has 0 aliphatic heterocycles. The van der Waals surface area contributed by atoms with Gasteiger partial charge in [0, 0.05) is 37.1 Å². The first-order valence-electron chi connectivity index (χ1n) is 9.38. The Morgan fingerprint density at radius 3 is 2.69 bits per heavy atom. The molecule has 0 radical (unpaired) electrons. The summed E-state index contributed by atoms with van der Waals surface area (Å²) in [5, 5.41) is 17.3. The highest BCUT2D eigenvalue weighted by molar-refractivity contribution is 5.76. The van der Waals surface area contributed by atoms with Crippen molar-refractivity contribution in [2.45, 2.75) is 64.6 Å². The molecule has 2 aromatic heterocycles. The smallest absolute Gasteiger partial charge is 0.220 e. The molecule has 6 heteroatoms. The van der Waals surface area contributed by atoms with Gasteiger partial charge >= 0.3 is 0 Å². The van der Waals surface area contributed by atoms with E-state index in [4.69, 9.17) is 0 Å². The summed E-state index contributed by atoms with van der Waals surface area (Å²) in [4.78, 5) is 16.5. The van der Waals surface area contributed by atoms with Gasteiger partial charge in [0.25, 0.3) is 0 Å². The summed E-state index contributed by atoms with van der Waals surface area (Å²) in [5.41, 5.74) is 3.30. The van der Waals surface area contributed by atoms with Gasteiger partial charge in [-0.15, -0.1) is 0 Å². The number of pyridine rings is 1. The molecule has 0 aromatic carbocycles. The lowest BCUT2D eigenvalue weighted by atomic mass is 9.75. The second kappa shape index (κ2) is 8.45. The maximum absolute atomic E-state index is 12.4.